The molecule has 2 N–H and O–H groups in total. The van der Waals surface area contributed by atoms with E-state index in [1.807, 2.05) is 19.2 Å². The number of carbonyl (C=O) groups is 1. The maximum Gasteiger partial charge on any atom is 0.410 e. The lowest BCUT2D eigenvalue weighted by molar-refractivity contribution is -0.173. The summed E-state index contributed by atoms with van der Waals surface area (Å²) in [6.07, 6.45) is -4.71. The molecule has 31 heavy (non-hydrogen) atoms. The molecule has 0 saturated carbocycles. The maximum absolute atomic E-state index is 13.8. The molecule has 166 valence electrons. The Balaban J connectivity index is 1.63. The number of thiophene rings is 1. The third-order valence-electron chi connectivity index (χ3n) is 5.48. The summed E-state index contributed by atoms with van der Waals surface area (Å²) in [5.74, 6) is -0.419. The van der Waals surface area contributed by atoms with Crippen molar-refractivity contribution >= 4 is 39.0 Å². The van der Waals surface area contributed by atoms with Crippen LogP contribution in [0.1, 0.15) is 50.8 Å². The molecule has 0 bridgehead atoms. The Morgan fingerprint density at radius 2 is 2.13 bits per heavy atom. The van der Waals surface area contributed by atoms with Crippen LogP contribution >= 0.6 is 27.3 Å². The van der Waals surface area contributed by atoms with Crippen molar-refractivity contribution in [3.63, 3.8) is 0 Å². The number of nitrogens with one attached hydrogen (secondary N) is 2. The molecule has 1 aliphatic rings. The topological polar surface area (TPSA) is 76.8 Å². The van der Waals surface area contributed by atoms with E-state index in [-0.39, 0.29) is 29.0 Å². The minimum atomic E-state index is -4.50. The van der Waals surface area contributed by atoms with Crippen molar-refractivity contribution in [2.24, 2.45) is 7.05 Å². The highest BCUT2D eigenvalue weighted by Crippen LogP contribution is 2.46. The molecule has 0 unspecified atom stereocenters. The van der Waals surface area contributed by atoms with Crippen LogP contribution in [0.5, 0.6) is 0 Å². The summed E-state index contributed by atoms with van der Waals surface area (Å²) < 4.78 is 44.3. The third-order valence-corrected chi connectivity index (χ3v) is 7.22. The van der Waals surface area contributed by atoms with Crippen LogP contribution in [0.4, 0.5) is 19.0 Å². The van der Waals surface area contributed by atoms with Gasteiger partial charge in [-0.05, 0) is 41.2 Å². The van der Waals surface area contributed by atoms with Crippen LogP contribution in [0.25, 0.3) is 0 Å². The SMILES string of the molecule is Cc1nn(C)c(C)c1CNC(=O)c1nn2c(c1Br)N[C@H](c1cccs1)C[C@@H]2C(F)(F)F. The van der Waals surface area contributed by atoms with Crippen molar-refractivity contribution in [2.75, 3.05) is 5.32 Å². The number of alkyl halides is 3. The van der Waals surface area contributed by atoms with Gasteiger partial charge in [-0.25, -0.2) is 4.68 Å². The molecule has 7 nitrogen and oxygen atoms in total. The zero-order chi connectivity index (χ0) is 22.5. The zero-order valence-electron chi connectivity index (χ0n) is 16.9. The molecule has 0 fully saturated rings. The molecule has 0 aromatic carbocycles. The molecule has 3 aromatic rings. The number of aromatic nitrogens is 4. The highest BCUT2D eigenvalue weighted by atomic mass is 79.9. The molecule has 1 amide bonds. The van der Waals surface area contributed by atoms with E-state index in [4.69, 9.17) is 0 Å². The molecule has 0 saturated heterocycles. The second kappa shape index (κ2) is 7.97. The first-order valence-electron chi connectivity index (χ1n) is 9.49. The van der Waals surface area contributed by atoms with Gasteiger partial charge in [0.2, 0.25) is 0 Å². The molecule has 12 heteroatoms. The highest BCUT2D eigenvalue weighted by molar-refractivity contribution is 9.10. The summed E-state index contributed by atoms with van der Waals surface area (Å²) in [6.45, 7) is 3.92. The molecule has 3 aromatic heterocycles. The Kier molecular flexibility index (Phi) is 5.63. The highest BCUT2D eigenvalue weighted by Gasteiger charge is 2.48. The number of amides is 1. The van der Waals surface area contributed by atoms with Crippen LogP contribution in [-0.2, 0) is 13.6 Å². The van der Waals surface area contributed by atoms with E-state index < -0.39 is 24.2 Å². The predicted octanol–water partition coefficient (Wildman–Crippen LogP) is 4.65. The average molecular weight is 517 g/mol. The Labute approximate surface area is 188 Å². The first-order valence-corrected chi connectivity index (χ1v) is 11.2. The molecule has 4 heterocycles. The minimum Gasteiger partial charge on any atom is -0.362 e. The lowest BCUT2D eigenvalue weighted by Gasteiger charge is -2.33. The van der Waals surface area contributed by atoms with Crippen molar-refractivity contribution in [1.82, 2.24) is 24.9 Å². The zero-order valence-corrected chi connectivity index (χ0v) is 19.3. The summed E-state index contributed by atoms with van der Waals surface area (Å²) in [7, 11) is 1.81. The Bertz CT molecular complexity index is 1120. The monoisotopic (exact) mass is 516 g/mol. The van der Waals surface area contributed by atoms with Crippen molar-refractivity contribution in [3.05, 3.63) is 49.5 Å². The fourth-order valence-corrected chi connectivity index (χ4v) is 5.08. The molecule has 1 aliphatic heterocycles. The number of halogens is 4. The van der Waals surface area contributed by atoms with E-state index in [9.17, 15) is 18.0 Å². The van der Waals surface area contributed by atoms with Gasteiger partial charge in [-0.15, -0.1) is 11.3 Å². The molecular weight excluding hydrogens is 497 g/mol. The van der Waals surface area contributed by atoms with Crippen molar-refractivity contribution in [2.45, 2.75) is 45.1 Å². The number of carbonyl (C=O) groups excluding carboxylic acids is 1. The Hall–Kier alpha value is -2.34. The first kappa shape index (κ1) is 21.9. The number of nitrogens with zero attached hydrogens (tertiary/aromatic N) is 4. The fraction of sp³-hybridized carbons (Fsp3) is 0.421. The van der Waals surface area contributed by atoms with Crippen LogP contribution in [0.3, 0.4) is 0 Å². The summed E-state index contributed by atoms with van der Waals surface area (Å²) in [6, 6.07) is 1.23. The molecule has 2 atom stereocenters. The van der Waals surface area contributed by atoms with Crippen LogP contribution < -0.4 is 10.6 Å². The van der Waals surface area contributed by atoms with Crippen molar-refractivity contribution in [1.29, 1.82) is 0 Å². The average Bonchev–Trinajstić information content (AvgIpc) is 3.40. The normalized spacial score (nSPS) is 18.5. The van der Waals surface area contributed by atoms with Crippen molar-refractivity contribution < 1.29 is 18.0 Å². The van der Waals surface area contributed by atoms with Crippen LogP contribution in [0.2, 0.25) is 0 Å². The second-order valence-electron chi connectivity index (χ2n) is 7.42. The predicted molar refractivity (Wildman–Crippen MR) is 114 cm³/mol. The largest absolute Gasteiger partial charge is 0.410 e. The number of hydrogen-bond acceptors (Lipinski definition) is 5. The molecular formula is C19H20BrF3N6OS. The second-order valence-corrected chi connectivity index (χ2v) is 9.19. The molecule has 0 aliphatic carbocycles. The minimum absolute atomic E-state index is 0.0947. The van der Waals surface area contributed by atoms with Gasteiger partial charge in [-0.1, -0.05) is 6.07 Å². The van der Waals surface area contributed by atoms with Gasteiger partial charge >= 0.3 is 6.18 Å². The molecule has 4 rings (SSSR count). The van der Waals surface area contributed by atoms with Gasteiger partial charge in [0.25, 0.3) is 5.91 Å². The lowest BCUT2D eigenvalue weighted by atomic mass is 10.0. The number of fused-ring (bicyclic) bond motifs is 1. The van der Waals surface area contributed by atoms with E-state index in [0.717, 1.165) is 26.5 Å². The Morgan fingerprint density at radius 3 is 2.71 bits per heavy atom. The van der Waals surface area contributed by atoms with Gasteiger partial charge in [0.1, 0.15) is 5.82 Å². The maximum atomic E-state index is 13.8. The van der Waals surface area contributed by atoms with Gasteiger partial charge in [0, 0.05) is 36.1 Å². The third kappa shape index (κ3) is 3.98. The van der Waals surface area contributed by atoms with Crippen LogP contribution in [-0.4, -0.2) is 31.6 Å². The number of anilines is 1. The first-order chi connectivity index (χ1) is 14.6. The van der Waals surface area contributed by atoms with E-state index in [1.165, 1.54) is 11.3 Å². The lowest BCUT2D eigenvalue weighted by Crippen LogP contribution is -2.35. The number of aryl methyl sites for hydroxylation is 2. The summed E-state index contributed by atoms with van der Waals surface area (Å²) in [4.78, 5) is 13.6. The smallest absolute Gasteiger partial charge is 0.362 e. The number of rotatable bonds is 4. The van der Waals surface area contributed by atoms with Gasteiger partial charge in [-0.3, -0.25) is 9.48 Å². The fourth-order valence-electron chi connectivity index (χ4n) is 3.74. The van der Waals surface area contributed by atoms with E-state index in [2.05, 4.69) is 36.8 Å². The molecule has 0 radical (unpaired) electrons. The summed E-state index contributed by atoms with van der Waals surface area (Å²) in [5.41, 5.74) is 2.45. The van der Waals surface area contributed by atoms with E-state index in [0.29, 0.717) is 0 Å². The van der Waals surface area contributed by atoms with Crippen molar-refractivity contribution in [3.8, 4) is 0 Å². The van der Waals surface area contributed by atoms with Gasteiger partial charge in [0.05, 0.1) is 16.2 Å². The summed E-state index contributed by atoms with van der Waals surface area (Å²) >= 11 is 4.68. The van der Waals surface area contributed by atoms with Gasteiger partial charge < -0.3 is 10.6 Å². The molecule has 0 spiro atoms. The standard InChI is InChI=1S/C19H20BrF3N6OS/c1-9-11(10(2)28(3)26-9)8-24-18(30)16-15(20)17-25-12(13-5-4-6-31-13)7-14(19(21,22)23)29(17)27-16/h4-6,12,14,25H,7-8H2,1-3H3,(H,24,30)/t12-,14+/m0/s1. The van der Waals surface area contributed by atoms with E-state index in [1.54, 1.807) is 23.9 Å². The Morgan fingerprint density at radius 1 is 1.39 bits per heavy atom. The van der Waals surface area contributed by atoms with E-state index >= 15 is 0 Å². The van der Waals surface area contributed by atoms with Crippen LogP contribution in [0, 0.1) is 13.8 Å². The number of hydrogen-bond donors (Lipinski definition) is 2. The summed E-state index contributed by atoms with van der Waals surface area (Å²) in [5, 5.41) is 16.0. The quantitative estimate of drug-likeness (QED) is 0.529. The van der Waals surface area contributed by atoms with Gasteiger partial charge in [0.15, 0.2) is 11.7 Å². The van der Waals surface area contributed by atoms with Crippen LogP contribution in [0.15, 0.2) is 22.0 Å². The van der Waals surface area contributed by atoms with Gasteiger partial charge in [-0.2, -0.15) is 23.4 Å².